The lowest BCUT2D eigenvalue weighted by Gasteiger charge is -2.01. The Morgan fingerprint density at radius 2 is 1.75 bits per heavy atom. The van der Waals surface area contributed by atoms with E-state index in [0.717, 1.165) is 12.1 Å². The minimum Gasteiger partial charge on any atom is -0.503 e. The summed E-state index contributed by atoms with van der Waals surface area (Å²) < 4.78 is 25.1. The average molecular weight is 175 g/mol. The first-order chi connectivity index (χ1) is 5.65. The van der Waals surface area contributed by atoms with Gasteiger partial charge in [0.2, 0.25) is 0 Å². The Hall–Kier alpha value is -1.20. The van der Waals surface area contributed by atoms with Gasteiger partial charge in [-0.25, -0.2) is 14.3 Å². The van der Waals surface area contributed by atoms with Crippen molar-refractivity contribution in [1.82, 2.24) is 5.48 Å². The first-order valence-corrected chi connectivity index (χ1v) is 3.19. The Kier molecular flexibility index (Phi) is 2.57. The molecule has 1 aromatic rings. The van der Waals surface area contributed by atoms with Gasteiger partial charge in [-0.05, 0) is 17.7 Å². The van der Waals surface area contributed by atoms with Crippen molar-refractivity contribution in [3.05, 3.63) is 29.3 Å². The van der Waals surface area contributed by atoms with Gasteiger partial charge in [0.05, 0.1) is 0 Å². The number of rotatable bonds is 2. The highest BCUT2D eigenvalue weighted by Crippen LogP contribution is 2.20. The van der Waals surface area contributed by atoms with Crippen molar-refractivity contribution in [3.63, 3.8) is 0 Å². The molecular formula is C7H7F2NO2. The Labute approximate surface area is 67.2 Å². The van der Waals surface area contributed by atoms with Gasteiger partial charge < -0.3 is 10.3 Å². The fourth-order valence-electron chi connectivity index (χ4n) is 0.811. The third-order valence-electron chi connectivity index (χ3n) is 1.36. The van der Waals surface area contributed by atoms with Crippen LogP contribution in [0.25, 0.3) is 0 Å². The van der Waals surface area contributed by atoms with Crippen molar-refractivity contribution in [1.29, 1.82) is 0 Å². The second kappa shape index (κ2) is 3.46. The van der Waals surface area contributed by atoms with Gasteiger partial charge in [0.15, 0.2) is 17.4 Å². The van der Waals surface area contributed by atoms with Crippen LogP contribution in [0, 0.1) is 11.6 Å². The fourth-order valence-corrected chi connectivity index (χ4v) is 0.811. The van der Waals surface area contributed by atoms with Crippen LogP contribution in [0.3, 0.4) is 0 Å². The fraction of sp³-hybridized carbons (Fsp3) is 0.143. The zero-order chi connectivity index (χ0) is 9.14. The number of phenolic OH excluding ortho intramolecular Hbond substituents is 1. The number of nitrogens with one attached hydrogen (secondary N) is 1. The molecule has 0 atom stereocenters. The molecule has 0 radical (unpaired) electrons. The normalized spacial score (nSPS) is 10.2. The summed E-state index contributed by atoms with van der Waals surface area (Å²) >= 11 is 0. The molecule has 0 unspecified atom stereocenters. The van der Waals surface area contributed by atoms with Crippen LogP contribution in [0.15, 0.2) is 12.1 Å². The highest BCUT2D eigenvalue weighted by molar-refractivity contribution is 5.29. The maximum absolute atomic E-state index is 12.6. The van der Waals surface area contributed by atoms with Crippen LogP contribution in [0.2, 0.25) is 0 Å². The predicted octanol–water partition coefficient (Wildman–Crippen LogP) is 1.15. The van der Waals surface area contributed by atoms with Crippen molar-refractivity contribution in [3.8, 4) is 5.75 Å². The summed E-state index contributed by atoms with van der Waals surface area (Å²) in [6, 6.07) is 1.86. The van der Waals surface area contributed by atoms with E-state index in [-0.39, 0.29) is 12.1 Å². The molecule has 1 rings (SSSR count). The SMILES string of the molecule is ONCc1cc(F)c(O)c(F)c1. The molecule has 0 aliphatic carbocycles. The molecule has 3 N–H and O–H groups in total. The Balaban J connectivity index is 3.04. The van der Waals surface area contributed by atoms with E-state index in [2.05, 4.69) is 0 Å². The lowest BCUT2D eigenvalue weighted by atomic mass is 10.2. The molecule has 0 saturated carbocycles. The van der Waals surface area contributed by atoms with Crippen LogP contribution in [0.5, 0.6) is 5.75 Å². The molecule has 3 nitrogen and oxygen atoms in total. The smallest absolute Gasteiger partial charge is 0.187 e. The van der Waals surface area contributed by atoms with Crippen LogP contribution >= 0.6 is 0 Å². The van der Waals surface area contributed by atoms with Gasteiger partial charge in [-0.15, -0.1) is 0 Å². The van der Waals surface area contributed by atoms with Crippen LogP contribution in [-0.2, 0) is 6.54 Å². The highest BCUT2D eigenvalue weighted by atomic mass is 19.1. The lowest BCUT2D eigenvalue weighted by molar-refractivity contribution is 0.161. The van der Waals surface area contributed by atoms with E-state index in [1.165, 1.54) is 0 Å². The van der Waals surface area contributed by atoms with E-state index in [1.807, 2.05) is 0 Å². The van der Waals surface area contributed by atoms with E-state index >= 15 is 0 Å². The minimum atomic E-state index is -1.04. The van der Waals surface area contributed by atoms with Gasteiger partial charge in [0.1, 0.15) is 0 Å². The van der Waals surface area contributed by atoms with Gasteiger partial charge in [0, 0.05) is 6.54 Å². The molecule has 0 fully saturated rings. The zero-order valence-electron chi connectivity index (χ0n) is 6.01. The number of hydrogen-bond acceptors (Lipinski definition) is 3. The quantitative estimate of drug-likeness (QED) is 0.591. The number of hydrogen-bond donors (Lipinski definition) is 3. The van der Waals surface area contributed by atoms with Crippen molar-refractivity contribution in [2.75, 3.05) is 0 Å². The Morgan fingerprint density at radius 3 is 2.17 bits per heavy atom. The molecule has 0 saturated heterocycles. The first kappa shape index (κ1) is 8.89. The summed E-state index contributed by atoms with van der Waals surface area (Å²) in [5, 5.41) is 16.9. The largest absolute Gasteiger partial charge is 0.503 e. The van der Waals surface area contributed by atoms with Crippen LogP contribution in [-0.4, -0.2) is 10.3 Å². The molecule has 1 aromatic carbocycles. The van der Waals surface area contributed by atoms with Gasteiger partial charge in [-0.3, -0.25) is 0 Å². The lowest BCUT2D eigenvalue weighted by Crippen LogP contribution is -2.06. The van der Waals surface area contributed by atoms with Crippen LogP contribution < -0.4 is 5.48 Å². The number of aromatic hydroxyl groups is 1. The number of halogens is 2. The van der Waals surface area contributed by atoms with E-state index in [9.17, 15) is 8.78 Å². The summed E-state index contributed by atoms with van der Waals surface area (Å²) in [4.78, 5) is 0. The summed E-state index contributed by atoms with van der Waals surface area (Å²) in [6.07, 6.45) is 0. The molecular weight excluding hydrogens is 168 g/mol. The molecule has 5 heteroatoms. The Bertz CT molecular complexity index is 268. The number of phenols is 1. The summed E-state index contributed by atoms with van der Waals surface area (Å²) in [7, 11) is 0. The van der Waals surface area contributed by atoms with Crippen molar-refractivity contribution < 1.29 is 19.1 Å². The van der Waals surface area contributed by atoms with Gasteiger partial charge in [-0.2, -0.15) is 0 Å². The second-order valence-corrected chi connectivity index (χ2v) is 2.24. The third kappa shape index (κ3) is 1.69. The van der Waals surface area contributed by atoms with E-state index in [4.69, 9.17) is 10.3 Å². The molecule has 66 valence electrons. The standard InChI is InChI=1S/C7H7F2NO2/c8-5-1-4(3-10-12)2-6(9)7(5)11/h1-2,10-12H,3H2. The predicted molar refractivity (Wildman–Crippen MR) is 36.6 cm³/mol. The van der Waals surface area contributed by atoms with E-state index < -0.39 is 17.4 Å². The summed E-state index contributed by atoms with van der Waals surface area (Å²) in [5.74, 6) is -3.09. The second-order valence-electron chi connectivity index (χ2n) is 2.24. The highest BCUT2D eigenvalue weighted by Gasteiger charge is 2.08. The molecule has 0 spiro atoms. The maximum Gasteiger partial charge on any atom is 0.187 e. The maximum atomic E-state index is 12.6. The number of hydroxylamine groups is 1. The molecule has 0 amide bonds. The molecule has 0 aliphatic rings. The van der Waals surface area contributed by atoms with Gasteiger partial charge in [0.25, 0.3) is 0 Å². The average Bonchev–Trinajstić information content (AvgIpc) is 2.01. The third-order valence-corrected chi connectivity index (χ3v) is 1.36. The van der Waals surface area contributed by atoms with Gasteiger partial charge >= 0.3 is 0 Å². The summed E-state index contributed by atoms with van der Waals surface area (Å²) in [6.45, 7) is -0.0753. The van der Waals surface area contributed by atoms with E-state index in [0.29, 0.717) is 0 Å². The zero-order valence-corrected chi connectivity index (χ0v) is 6.01. The molecule has 0 bridgehead atoms. The van der Waals surface area contributed by atoms with Crippen molar-refractivity contribution in [2.45, 2.75) is 6.54 Å². The molecule has 0 heterocycles. The summed E-state index contributed by atoms with van der Waals surface area (Å²) in [5.41, 5.74) is 1.96. The van der Waals surface area contributed by atoms with Crippen LogP contribution in [0.1, 0.15) is 5.56 Å². The molecule has 12 heavy (non-hydrogen) atoms. The minimum absolute atomic E-state index is 0.0753. The monoisotopic (exact) mass is 175 g/mol. The topological polar surface area (TPSA) is 52.5 Å². The number of benzene rings is 1. The van der Waals surface area contributed by atoms with Crippen molar-refractivity contribution in [2.24, 2.45) is 0 Å². The first-order valence-electron chi connectivity index (χ1n) is 3.19. The molecule has 0 aromatic heterocycles. The molecule has 0 aliphatic heterocycles. The Morgan fingerprint density at radius 1 is 1.25 bits per heavy atom. The van der Waals surface area contributed by atoms with Crippen molar-refractivity contribution >= 4 is 0 Å². The van der Waals surface area contributed by atoms with Crippen LogP contribution in [0.4, 0.5) is 8.78 Å². The van der Waals surface area contributed by atoms with Gasteiger partial charge in [-0.1, -0.05) is 0 Å². The van der Waals surface area contributed by atoms with E-state index in [1.54, 1.807) is 5.48 Å².